The number of imidazole rings is 1. The van der Waals surface area contributed by atoms with E-state index in [4.69, 9.17) is 40.2 Å². The lowest BCUT2D eigenvalue weighted by Crippen LogP contribution is -2.34. The zero-order chi connectivity index (χ0) is 22.7. The van der Waals surface area contributed by atoms with Gasteiger partial charge in [0.05, 0.1) is 33.4 Å². The first-order chi connectivity index (χ1) is 15.4. The lowest BCUT2D eigenvalue weighted by Gasteiger charge is -2.12. The molecule has 3 aromatic carbocycles. The van der Waals surface area contributed by atoms with Gasteiger partial charge in [0.1, 0.15) is 11.6 Å². The molecule has 3 N–H and O–H groups in total. The van der Waals surface area contributed by atoms with Crippen molar-refractivity contribution in [1.29, 1.82) is 0 Å². The molecule has 1 amide bonds. The first-order valence-electron chi connectivity index (χ1n) is 9.74. The number of H-pyrrole nitrogens is 1. The van der Waals surface area contributed by atoms with Gasteiger partial charge in [-0.3, -0.25) is 10.1 Å². The molecule has 0 aliphatic heterocycles. The fraction of sp³-hybridized carbons (Fsp3) is 0.0870. The third-order valence-corrected chi connectivity index (χ3v) is 5.43. The van der Waals surface area contributed by atoms with Crippen molar-refractivity contribution in [3.63, 3.8) is 0 Å². The van der Waals surface area contributed by atoms with E-state index < -0.39 is 5.91 Å². The van der Waals surface area contributed by atoms with Gasteiger partial charge in [-0.2, -0.15) is 0 Å². The molecule has 0 aliphatic rings. The van der Waals surface area contributed by atoms with E-state index in [0.717, 1.165) is 16.6 Å². The number of nitrogens with one attached hydrogen (secondary N) is 3. The Kier molecular flexibility index (Phi) is 6.60. The Morgan fingerprint density at radius 3 is 2.66 bits per heavy atom. The number of hydrogen-bond acceptors (Lipinski definition) is 4. The molecular formula is C23H18Cl2N4O2S. The van der Waals surface area contributed by atoms with Crippen LogP contribution in [-0.2, 0) is 0 Å². The molecule has 6 nitrogen and oxygen atoms in total. The summed E-state index contributed by atoms with van der Waals surface area (Å²) in [5, 5.41) is 6.50. The Morgan fingerprint density at radius 2 is 1.91 bits per heavy atom. The van der Waals surface area contributed by atoms with Crippen molar-refractivity contribution in [1.82, 2.24) is 15.3 Å². The Labute approximate surface area is 199 Å². The molecule has 4 rings (SSSR count). The number of halogens is 2. The number of aromatic nitrogens is 2. The van der Waals surface area contributed by atoms with Gasteiger partial charge in [0.15, 0.2) is 5.11 Å². The van der Waals surface area contributed by atoms with Crippen LogP contribution in [0.4, 0.5) is 5.69 Å². The summed E-state index contributed by atoms with van der Waals surface area (Å²) in [6, 6.07) is 18.0. The summed E-state index contributed by atoms with van der Waals surface area (Å²) in [5.41, 5.74) is 3.51. The SMILES string of the molecule is CCOc1ccc(C(=O)NC(=S)Nc2cc(-c3nc4ccccc4[nH]3)ccc2Cl)cc1Cl. The molecule has 9 heteroatoms. The Balaban J connectivity index is 1.49. The first-order valence-corrected chi connectivity index (χ1v) is 10.9. The van der Waals surface area contributed by atoms with Gasteiger partial charge < -0.3 is 15.0 Å². The molecule has 162 valence electrons. The minimum absolute atomic E-state index is 0.101. The number of aromatic amines is 1. The average Bonchev–Trinajstić information content (AvgIpc) is 3.21. The van der Waals surface area contributed by atoms with Crippen LogP contribution in [0.5, 0.6) is 5.75 Å². The number of rotatable bonds is 5. The van der Waals surface area contributed by atoms with Crippen LogP contribution in [0, 0.1) is 0 Å². The van der Waals surface area contributed by atoms with Gasteiger partial charge in [-0.25, -0.2) is 4.98 Å². The van der Waals surface area contributed by atoms with Crippen molar-refractivity contribution in [2.45, 2.75) is 6.92 Å². The first kappa shape index (κ1) is 22.1. The van der Waals surface area contributed by atoms with Crippen molar-refractivity contribution in [3.05, 3.63) is 76.3 Å². The molecule has 1 heterocycles. The number of anilines is 1. The molecule has 0 radical (unpaired) electrons. The average molecular weight is 485 g/mol. The summed E-state index contributed by atoms with van der Waals surface area (Å²) in [6.45, 7) is 2.34. The molecule has 0 spiro atoms. The highest BCUT2D eigenvalue weighted by Gasteiger charge is 2.13. The van der Waals surface area contributed by atoms with Crippen LogP contribution in [0.2, 0.25) is 10.0 Å². The predicted octanol–water partition coefficient (Wildman–Crippen LogP) is 6.06. The second kappa shape index (κ2) is 9.56. The highest BCUT2D eigenvalue weighted by Crippen LogP contribution is 2.29. The van der Waals surface area contributed by atoms with E-state index in [1.165, 1.54) is 6.07 Å². The Hall–Kier alpha value is -3.13. The predicted molar refractivity (Wildman–Crippen MR) is 133 cm³/mol. The van der Waals surface area contributed by atoms with E-state index in [1.54, 1.807) is 18.2 Å². The molecule has 0 bridgehead atoms. The second-order valence-corrected chi connectivity index (χ2v) is 8.01. The number of carbonyl (C=O) groups is 1. The molecule has 0 saturated heterocycles. The van der Waals surface area contributed by atoms with Crippen molar-refractivity contribution in [3.8, 4) is 17.1 Å². The van der Waals surface area contributed by atoms with Crippen LogP contribution in [0.1, 0.15) is 17.3 Å². The van der Waals surface area contributed by atoms with E-state index in [1.807, 2.05) is 43.3 Å². The maximum absolute atomic E-state index is 12.6. The monoisotopic (exact) mass is 484 g/mol. The van der Waals surface area contributed by atoms with E-state index in [9.17, 15) is 4.79 Å². The quantitative estimate of drug-likeness (QED) is 0.300. The fourth-order valence-corrected chi connectivity index (χ4v) is 3.70. The molecule has 0 aliphatic carbocycles. The number of nitrogens with zero attached hydrogens (tertiary/aromatic N) is 1. The van der Waals surface area contributed by atoms with Crippen LogP contribution in [0.15, 0.2) is 60.7 Å². The normalized spacial score (nSPS) is 10.7. The number of ether oxygens (including phenoxy) is 1. The van der Waals surface area contributed by atoms with E-state index >= 15 is 0 Å². The van der Waals surface area contributed by atoms with Gasteiger partial charge in [-0.05, 0) is 67.7 Å². The zero-order valence-electron chi connectivity index (χ0n) is 16.9. The molecule has 1 aromatic heterocycles. The highest BCUT2D eigenvalue weighted by atomic mass is 35.5. The third-order valence-electron chi connectivity index (χ3n) is 4.60. The summed E-state index contributed by atoms with van der Waals surface area (Å²) >= 11 is 17.8. The number of para-hydroxylation sites is 2. The van der Waals surface area contributed by atoms with Crippen molar-refractivity contribution in [2.75, 3.05) is 11.9 Å². The minimum atomic E-state index is -0.406. The summed E-state index contributed by atoms with van der Waals surface area (Å²) in [4.78, 5) is 20.4. The fourth-order valence-electron chi connectivity index (χ4n) is 3.10. The number of carbonyl (C=O) groups excluding carboxylic acids is 1. The molecule has 0 fully saturated rings. The topological polar surface area (TPSA) is 79.0 Å². The van der Waals surface area contributed by atoms with Gasteiger partial charge in [-0.1, -0.05) is 35.3 Å². The van der Waals surface area contributed by atoms with E-state index in [0.29, 0.717) is 39.5 Å². The summed E-state index contributed by atoms with van der Waals surface area (Å²) in [7, 11) is 0. The Bertz CT molecular complexity index is 1290. The van der Waals surface area contributed by atoms with Gasteiger partial charge in [0, 0.05) is 11.1 Å². The van der Waals surface area contributed by atoms with Gasteiger partial charge in [0.25, 0.3) is 5.91 Å². The molecule has 0 unspecified atom stereocenters. The van der Waals surface area contributed by atoms with Crippen LogP contribution in [0.3, 0.4) is 0 Å². The number of thiocarbonyl (C=S) groups is 1. The smallest absolute Gasteiger partial charge is 0.257 e. The molecule has 4 aromatic rings. The zero-order valence-corrected chi connectivity index (χ0v) is 19.2. The number of fused-ring (bicyclic) bond motifs is 1. The number of benzene rings is 3. The molecular weight excluding hydrogens is 467 g/mol. The lowest BCUT2D eigenvalue weighted by molar-refractivity contribution is 0.0977. The van der Waals surface area contributed by atoms with Gasteiger partial charge in [-0.15, -0.1) is 0 Å². The maximum atomic E-state index is 12.6. The van der Waals surface area contributed by atoms with Crippen molar-refractivity contribution < 1.29 is 9.53 Å². The van der Waals surface area contributed by atoms with Crippen molar-refractivity contribution in [2.24, 2.45) is 0 Å². The summed E-state index contributed by atoms with van der Waals surface area (Å²) in [6.07, 6.45) is 0. The summed E-state index contributed by atoms with van der Waals surface area (Å²) < 4.78 is 5.39. The number of hydrogen-bond donors (Lipinski definition) is 3. The number of amides is 1. The molecule has 0 atom stereocenters. The van der Waals surface area contributed by atoms with Gasteiger partial charge >= 0.3 is 0 Å². The summed E-state index contributed by atoms with van der Waals surface area (Å²) in [5.74, 6) is 0.808. The van der Waals surface area contributed by atoms with Crippen LogP contribution >= 0.6 is 35.4 Å². The highest BCUT2D eigenvalue weighted by molar-refractivity contribution is 7.80. The lowest BCUT2D eigenvalue weighted by atomic mass is 10.2. The molecule has 0 saturated carbocycles. The standard InChI is InChI=1S/C23H18Cl2N4O2S/c1-2-31-20-10-8-14(11-16(20)25)22(30)29-23(32)28-19-12-13(7-9-15(19)24)21-26-17-5-3-4-6-18(17)27-21/h3-12H,2H2,1H3,(H,26,27)(H2,28,29,30,32). The van der Waals surface area contributed by atoms with E-state index in [-0.39, 0.29) is 5.11 Å². The van der Waals surface area contributed by atoms with Crippen LogP contribution in [-0.4, -0.2) is 27.6 Å². The van der Waals surface area contributed by atoms with Crippen LogP contribution < -0.4 is 15.4 Å². The largest absolute Gasteiger partial charge is 0.492 e. The minimum Gasteiger partial charge on any atom is -0.492 e. The van der Waals surface area contributed by atoms with Crippen LogP contribution in [0.25, 0.3) is 22.4 Å². The molecule has 32 heavy (non-hydrogen) atoms. The Morgan fingerprint density at radius 1 is 1.09 bits per heavy atom. The second-order valence-electron chi connectivity index (χ2n) is 6.78. The van der Waals surface area contributed by atoms with Crippen molar-refractivity contribution >= 4 is 63.2 Å². The maximum Gasteiger partial charge on any atom is 0.257 e. The van der Waals surface area contributed by atoms with E-state index in [2.05, 4.69) is 20.6 Å². The third kappa shape index (κ3) is 4.85. The van der Waals surface area contributed by atoms with Gasteiger partial charge in [0.2, 0.25) is 0 Å².